The number of nitrogens with zero attached hydrogens (tertiary/aromatic N) is 3. The Bertz CT molecular complexity index is 991. The zero-order valence-electron chi connectivity index (χ0n) is 18.2. The Morgan fingerprint density at radius 3 is 2.62 bits per heavy atom. The van der Waals surface area contributed by atoms with E-state index in [1.54, 1.807) is 0 Å². The first-order valence-corrected chi connectivity index (χ1v) is 12.3. The molecule has 1 atom stereocenters. The van der Waals surface area contributed by atoms with E-state index in [4.69, 9.17) is 27.9 Å². The number of ether oxygens (including phenoxy) is 1. The van der Waals surface area contributed by atoms with Crippen molar-refractivity contribution in [3.8, 4) is 0 Å². The van der Waals surface area contributed by atoms with Gasteiger partial charge in [0.25, 0.3) is 0 Å². The molecule has 0 N–H and O–H groups in total. The predicted molar refractivity (Wildman–Crippen MR) is 130 cm³/mol. The van der Waals surface area contributed by atoms with Crippen molar-refractivity contribution in [2.75, 3.05) is 55.7 Å². The number of aryl methyl sites for hydroxylation is 1. The maximum atomic E-state index is 12.3. The molecule has 3 heterocycles. The molecule has 3 aliphatic heterocycles. The van der Waals surface area contributed by atoms with Gasteiger partial charge in [-0.25, -0.2) is 0 Å². The van der Waals surface area contributed by atoms with Crippen LogP contribution in [0.2, 0.25) is 10.0 Å². The van der Waals surface area contributed by atoms with E-state index in [1.165, 1.54) is 11.1 Å². The minimum atomic E-state index is 0.0120. The third-order valence-electron chi connectivity index (χ3n) is 6.86. The lowest BCUT2D eigenvalue weighted by molar-refractivity contribution is -0.119. The van der Waals surface area contributed by atoms with Crippen molar-refractivity contribution in [1.82, 2.24) is 4.90 Å². The highest BCUT2D eigenvalue weighted by molar-refractivity contribution is 6.43. The second-order valence-corrected chi connectivity index (χ2v) is 9.61. The normalized spacial score (nSPS) is 20.7. The van der Waals surface area contributed by atoms with E-state index in [-0.39, 0.29) is 12.0 Å². The fraction of sp³-hybridized carbons (Fsp3) is 0.480. The smallest absolute Gasteiger partial charge is 0.227 e. The first kappa shape index (κ1) is 22.0. The zero-order valence-corrected chi connectivity index (χ0v) is 19.7. The fourth-order valence-corrected chi connectivity index (χ4v) is 5.53. The van der Waals surface area contributed by atoms with E-state index in [0.717, 1.165) is 70.0 Å². The Morgan fingerprint density at radius 1 is 0.969 bits per heavy atom. The standard InChI is InChI=1S/C25H29Cl2N3O2/c26-20-7-4-8-21(24(20)27)29-14-12-28(13-15-29)11-1-2-16-32-22-17-30-23(31)10-9-18-5-3-6-19(22)25(18)30/h3-8,22H,1-2,9-17H2. The quantitative estimate of drug-likeness (QED) is 0.533. The van der Waals surface area contributed by atoms with Crippen molar-refractivity contribution < 1.29 is 9.53 Å². The summed E-state index contributed by atoms with van der Waals surface area (Å²) in [6.45, 7) is 6.45. The number of piperazine rings is 1. The van der Waals surface area contributed by atoms with Crippen LogP contribution >= 0.6 is 23.2 Å². The number of hydrogen-bond donors (Lipinski definition) is 0. The molecule has 0 saturated carbocycles. The van der Waals surface area contributed by atoms with Crippen LogP contribution in [0, 0.1) is 0 Å². The molecular weight excluding hydrogens is 445 g/mol. The summed E-state index contributed by atoms with van der Waals surface area (Å²) >= 11 is 12.6. The van der Waals surface area contributed by atoms with Crippen molar-refractivity contribution >= 4 is 40.5 Å². The molecule has 32 heavy (non-hydrogen) atoms. The van der Waals surface area contributed by atoms with Crippen LogP contribution in [0.5, 0.6) is 0 Å². The molecule has 1 saturated heterocycles. The maximum absolute atomic E-state index is 12.3. The van der Waals surface area contributed by atoms with E-state index < -0.39 is 0 Å². The summed E-state index contributed by atoms with van der Waals surface area (Å²) < 4.78 is 6.23. The van der Waals surface area contributed by atoms with Gasteiger partial charge in [-0.3, -0.25) is 9.69 Å². The second kappa shape index (κ2) is 9.60. The van der Waals surface area contributed by atoms with Crippen LogP contribution in [0.25, 0.3) is 0 Å². The SMILES string of the molecule is O=C1CCc2cccc3c2N1CC3OCCCCN1CCN(c2cccc(Cl)c2Cl)CC1. The lowest BCUT2D eigenvalue weighted by Gasteiger charge is -2.36. The van der Waals surface area contributed by atoms with Gasteiger partial charge >= 0.3 is 0 Å². The Kier molecular flexibility index (Phi) is 6.61. The number of carbonyl (C=O) groups is 1. The summed E-state index contributed by atoms with van der Waals surface area (Å²) in [4.78, 5) is 19.1. The summed E-state index contributed by atoms with van der Waals surface area (Å²) in [5, 5.41) is 1.26. The average molecular weight is 474 g/mol. The van der Waals surface area contributed by atoms with Gasteiger partial charge in [-0.1, -0.05) is 47.5 Å². The Hall–Kier alpha value is -1.79. The molecule has 0 aromatic heterocycles. The van der Waals surface area contributed by atoms with Crippen molar-refractivity contribution in [2.45, 2.75) is 31.8 Å². The zero-order chi connectivity index (χ0) is 22.1. The van der Waals surface area contributed by atoms with Gasteiger partial charge in [0, 0.05) is 44.8 Å². The van der Waals surface area contributed by atoms with Gasteiger partial charge in [-0.05, 0) is 43.5 Å². The Labute approximate surface area is 199 Å². The summed E-state index contributed by atoms with van der Waals surface area (Å²) in [6, 6.07) is 12.2. The highest BCUT2D eigenvalue weighted by atomic mass is 35.5. The average Bonchev–Trinajstić information content (AvgIpc) is 3.19. The monoisotopic (exact) mass is 473 g/mol. The van der Waals surface area contributed by atoms with Crippen LogP contribution in [0.4, 0.5) is 11.4 Å². The number of para-hydroxylation sites is 1. The number of amides is 1. The van der Waals surface area contributed by atoms with Crippen LogP contribution in [-0.2, 0) is 16.0 Å². The second-order valence-electron chi connectivity index (χ2n) is 8.83. The number of rotatable bonds is 7. The van der Waals surface area contributed by atoms with E-state index in [1.807, 2.05) is 23.1 Å². The van der Waals surface area contributed by atoms with Crippen LogP contribution in [0.3, 0.4) is 0 Å². The van der Waals surface area contributed by atoms with Crippen LogP contribution in [-0.4, -0.2) is 56.7 Å². The molecule has 5 nitrogen and oxygen atoms in total. The van der Waals surface area contributed by atoms with E-state index in [9.17, 15) is 4.79 Å². The van der Waals surface area contributed by atoms with Gasteiger partial charge in [-0.15, -0.1) is 0 Å². The molecule has 3 aliphatic rings. The highest BCUT2D eigenvalue weighted by Gasteiger charge is 2.37. The topological polar surface area (TPSA) is 36.0 Å². The number of anilines is 2. The molecule has 1 fully saturated rings. The molecular formula is C25H29Cl2N3O2. The van der Waals surface area contributed by atoms with Crippen molar-refractivity contribution in [2.24, 2.45) is 0 Å². The minimum Gasteiger partial charge on any atom is -0.372 e. The van der Waals surface area contributed by atoms with Gasteiger partial charge in [-0.2, -0.15) is 0 Å². The number of hydrogen-bond acceptors (Lipinski definition) is 4. The molecule has 0 spiro atoms. The Balaban J connectivity index is 1.05. The predicted octanol–water partition coefficient (Wildman–Crippen LogP) is 4.95. The van der Waals surface area contributed by atoms with Gasteiger partial charge in [0.15, 0.2) is 0 Å². The highest BCUT2D eigenvalue weighted by Crippen LogP contribution is 2.42. The number of carbonyl (C=O) groups excluding carboxylic acids is 1. The number of unbranched alkanes of at least 4 members (excludes halogenated alkanes) is 1. The van der Waals surface area contributed by atoms with Crippen molar-refractivity contribution in [1.29, 1.82) is 0 Å². The lowest BCUT2D eigenvalue weighted by atomic mass is 9.99. The van der Waals surface area contributed by atoms with E-state index in [2.05, 4.69) is 28.0 Å². The van der Waals surface area contributed by atoms with Gasteiger partial charge in [0.1, 0.15) is 6.10 Å². The first-order valence-electron chi connectivity index (χ1n) is 11.6. The van der Waals surface area contributed by atoms with E-state index >= 15 is 0 Å². The lowest BCUT2D eigenvalue weighted by Crippen LogP contribution is -2.46. The summed E-state index contributed by atoms with van der Waals surface area (Å²) in [6.07, 6.45) is 3.61. The molecule has 0 aliphatic carbocycles. The van der Waals surface area contributed by atoms with Crippen molar-refractivity contribution in [3.05, 3.63) is 57.6 Å². The van der Waals surface area contributed by atoms with Gasteiger partial charge < -0.3 is 14.5 Å². The molecule has 170 valence electrons. The largest absolute Gasteiger partial charge is 0.372 e. The third-order valence-corrected chi connectivity index (χ3v) is 7.67. The Morgan fingerprint density at radius 2 is 1.78 bits per heavy atom. The van der Waals surface area contributed by atoms with E-state index in [0.29, 0.717) is 23.0 Å². The molecule has 0 radical (unpaired) electrons. The minimum absolute atomic E-state index is 0.0120. The van der Waals surface area contributed by atoms with Crippen LogP contribution in [0.1, 0.15) is 36.5 Å². The first-order chi connectivity index (χ1) is 15.6. The summed E-state index contributed by atoms with van der Waals surface area (Å²) in [7, 11) is 0. The van der Waals surface area contributed by atoms with Crippen LogP contribution < -0.4 is 9.80 Å². The van der Waals surface area contributed by atoms with Crippen LogP contribution in [0.15, 0.2) is 36.4 Å². The molecule has 2 aromatic rings. The molecule has 1 unspecified atom stereocenters. The maximum Gasteiger partial charge on any atom is 0.227 e. The number of benzene rings is 2. The van der Waals surface area contributed by atoms with Crippen molar-refractivity contribution in [3.63, 3.8) is 0 Å². The fourth-order valence-electron chi connectivity index (χ4n) is 5.12. The van der Waals surface area contributed by atoms with Gasteiger partial charge in [0.2, 0.25) is 5.91 Å². The third kappa shape index (κ3) is 4.36. The molecule has 7 heteroatoms. The van der Waals surface area contributed by atoms with Gasteiger partial charge in [0.05, 0.1) is 28.0 Å². The molecule has 5 rings (SSSR count). The molecule has 2 aromatic carbocycles. The molecule has 0 bridgehead atoms. The summed E-state index contributed by atoms with van der Waals surface area (Å²) in [5.74, 6) is 0.231. The summed E-state index contributed by atoms with van der Waals surface area (Å²) in [5.41, 5.74) is 4.62. The molecule has 1 amide bonds. The number of halogens is 2.